The van der Waals surface area contributed by atoms with Crippen LogP contribution in [0.3, 0.4) is 0 Å². The minimum atomic E-state index is -0.135. The third kappa shape index (κ3) is 1.62. The molecular formula is CH6N4O. The smallest absolute Gasteiger partial charge is 0.114 e. The van der Waals surface area contributed by atoms with Gasteiger partial charge in [0.15, 0.2) is 0 Å². The second kappa shape index (κ2) is 2.55. The van der Waals surface area contributed by atoms with Gasteiger partial charge in [0.1, 0.15) is 6.67 Å². The van der Waals surface area contributed by atoms with Crippen LogP contribution in [-0.4, -0.2) is 17.0 Å². The Hall–Kier alpha value is -0.680. The van der Waals surface area contributed by atoms with Crippen molar-refractivity contribution in [3.05, 3.63) is 0 Å². The summed E-state index contributed by atoms with van der Waals surface area (Å²) in [6.07, 6.45) is 0. The molecule has 36 valence electrons. The summed E-state index contributed by atoms with van der Waals surface area (Å²) >= 11 is 0. The molecule has 0 aliphatic carbocycles. The van der Waals surface area contributed by atoms with E-state index in [9.17, 15) is 0 Å². The summed E-state index contributed by atoms with van der Waals surface area (Å²) in [5, 5.41) is 10.9. The van der Waals surface area contributed by atoms with Gasteiger partial charge in [-0.2, -0.15) is 5.53 Å². The third-order valence-electron chi connectivity index (χ3n) is 0.279. The molecule has 0 rings (SSSR count). The van der Waals surface area contributed by atoms with E-state index >= 15 is 0 Å². The first-order chi connectivity index (χ1) is 2.81. The monoisotopic (exact) mass is 90.1 g/mol. The Morgan fingerprint density at radius 1 is 2.00 bits per heavy atom. The van der Waals surface area contributed by atoms with Crippen LogP contribution in [0.2, 0.25) is 0 Å². The van der Waals surface area contributed by atoms with E-state index < -0.39 is 0 Å². The first kappa shape index (κ1) is 5.32. The predicted octanol–water partition coefficient (Wildman–Crippen LogP) is -0.460. The molecule has 6 heavy (non-hydrogen) atoms. The van der Waals surface area contributed by atoms with E-state index in [4.69, 9.17) is 16.5 Å². The van der Waals surface area contributed by atoms with Gasteiger partial charge in [-0.3, -0.25) is 5.21 Å². The molecule has 0 unspecified atom stereocenters. The molecule has 0 saturated heterocycles. The summed E-state index contributed by atoms with van der Waals surface area (Å²) < 4.78 is 0. The normalized spacial score (nSPS) is 7.67. The van der Waals surface area contributed by atoms with Crippen molar-refractivity contribution in [3.63, 3.8) is 0 Å². The highest BCUT2D eigenvalue weighted by Gasteiger charge is 1.80. The minimum Gasteiger partial charge on any atom is -0.310 e. The van der Waals surface area contributed by atoms with Gasteiger partial charge in [0.2, 0.25) is 0 Å². The summed E-state index contributed by atoms with van der Waals surface area (Å²) in [6.45, 7) is -0.135. The van der Waals surface area contributed by atoms with E-state index in [1.807, 2.05) is 0 Å². The quantitative estimate of drug-likeness (QED) is 0.243. The summed E-state index contributed by atoms with van der Waals surface area (Å²) in [4.78, 5) is 0. The highest BCUT2D eigenvalue weighted by Crippen LogP contribution is 1.69. The van der Waals surface area contributed by atoms with Crippen molar-refractivity contribution in [2.75, 3.05) is 6.67 Å². The molecule has 0 aromatic heterocycles. The molecule has 5 heteroatoms. The Kier molecular flexibility index (Phi) is 2.26. The van der Waals surface area contributed by atoms with Gasteiger partial charge in [-0.25, -0.2) is 0 Å². The van der Waals surface area contributed by atoms with Crippen LogP contribution < -0.4 is 5.73 Å². The van der Waals surface area contributed by atoms with E-state index in [0.717, 1.165) is 0 Å². The summed E-state index contributed by atoms with van der Waals surface area (Å²) in [7, 11) is 0. The van der Waals surface area contributed by atoms with Crippen LogP contribution in [0, 0.1) is 5.53 Å². The number of nitrogens with one attached hydrogen (secondary N) is 1. The van der Waals surface area contributed by atoms with E-state index in [-0.39, 0.29) is 6.67 Å². The molecule has 4 N–H and O–H groups in total. The molecule has 0 radical (unpaired) electrons. The fourth-order valence-electron chi connectivity index (χ4n) is 0.0408. The molecule has 5 nitrogen and oxygen atoms in total. The predicted molar refractivity (Wildman–Crippen MR) is 17.8 cm³/mol. The fraction of sp³-hybridized carbons (Fsp3) is 1.00. The first-order valence-electron chi connectivity index (χ1n) is 1.35. The highest BCUT2D eigenvalue weighted by molar-refractivity contribution is 4.10. The van der Waals surface area contributed by atoms with E-state index in [0.29, 0.717) is 5.17 Å². The van der Waals surface area contributed by atoms with Gasteiger partial charge in [-0.1, -0.05) is 5.22 Å². The van der Waals surface area contributed by atoms with Crippen molar-refractivity contribution >= 4 is 0 Å². The fourth-order valence-corrected chi connectivity index (χ4v) is 0.0408. The minimum absolute atomic E-state index is 0.135. The largest absolute Gasteiger partial charge is 0.310 e. The maximum atomic E-state index is 8.02. The van der Waals surface area contributed by atoms with Gasteiger partial charge in [0.05, 0.1) is 0 Å². The van der Waals surface area contributed by atoms with Crippen molar-refractivity contribution in [1.29, 1.82) is 5.53 Å². The van der Waals surface area contributed by atoms with Crippen LogP contribution in [0.4, 0.5) is 0 Å². The third-order valence-corrected chi connectivity index (χ3v) is 0.279. The van der Waals surface area contributed by atoms with Crippen molar-refractivity contribution in [3.8, 4) is 0 Å². The number of nitrogens with two attached hydrogens (primary N) is 1. The topological polar surface area (TPSA) is 85.7 Å². The maximum Gasteiger partial charge on any atom is 0.114 e. The summed E-state index contributed by atoms with van der Waals surface area (Å²) in [6, 6.07) is 0. The lowest BCUT2D eigenvalue weighted by Gasteiger charge is -1.99. The Morgan fingerprint density at radius 2 is 2.50 bits per heavy atom. The van der Waals surface area contributed by atoms with Crippen LogP contribution in [0.25, 0.3) is 0 Å². The number of hydroxylamine groups is 1. The molecule has 0 aromatic carbocycles. The van der Waals surface area contributed by atoms with Crippen LogP contribution >= 0.6 is 0 Å². The lowest BCUT2D eigenvalue weighted by molar-refractivity contribution is -0.0984. The molecule has 0 aromatic rings. The molecule has 0 fully saturated rings. The average Bonchev–Trinajstić information content (AvgIpc) is 1.65. The van der Waals surface area contributed by atoms with Gasteiger partial charge in [0.25, 0.3) is 0 Å². The van der Waals surface area contributed by atoms with Crippen molar-refractivity contribution in [2.24, 2.45) is 11.0 Å². The molecule has 0 aliphatic heterocycles. The number of hydrogen-bond acceptors (Lipinski definition) is 4. The summed E-state index contributed by atoms with van der Waals surface area (Å²) in [5.41, 5.74) is 10.8. The first-order valence-corrected chi connectivity index (χ1v) is 1.35. The second-order valence-corrected chi connectivity index (χ2v) is 0.655. The number of nitrogens with zero attached hydrogens (tertiary/aromatic N) is 2. The van der Waals surface area contributed by atoms with Crippen LogP contribution in [0.5, 0.6) is 0 Å². The average molecular weight is 90.1 g/mol. The van der Waals surface area contributed by atoms with Crippen LogP contribution in [0.1, 0.15) is 0 Å². The Bertz CT molecular complexity index is 44.8. The zero-order chi connectivity index (χ0) is 4.99. The number of hydrogen-bond donors (Lipinski definition) is 3. The van der Waals surface area contributed by atoms with E-state index in [1.54, 1.807) is 0 Å². The Balaban J connectivity index is 2.96. The van der Waals surface area contributed by atoms with E-state index in [1.165, 1.54) is 0 Å². The summed E-state index contributed by atoms with van der Waals surface area (Å²) in [5.74, 6) is 0. The van der Waals surface area contributed by atoms with E-state index in [2.05, 4.69) is 5.22 Å². The van der Waals surface area contributed by atoms with Gasteiger partial charge in [-0.15, -0.1) is 5.17 Å². The van der Waals surface area contributed by atoms with Crippen LogP contribution in [0.15, 0.2) is 5.22 Å². The molecule has 0 aliphatic rings. The molecule has 0 bridgehead atoms. The lowest BCUT2D eigenvalue weighted by Crippen LogP contribution is -2.19. The Morgan fingerprint density at radius 3 is 2.50 bits per heavy atom. The molecule has 0 atom stereocenters. The molecule has 0 saturated carbocycles. The van der Waals surface area contributed by atoms with Crippen molar-refractivity contribution in [2.45, 2.75) is 0 Å². The molecular weight excluding hydrogens is 84.0 g/mol. The maximum absolute atomic E-state index is 8.02. The lowest BCUT2D eigenvalue weighted by atomic mass is 11.2. The van der Waals surface area contributed by atoms with Crippen molar-refractivity contribution in [1.82, 2.24) is 5.17 Å². The van der Waals surface area contributed by atoms with Crippen LogP contribution in [-0.2, 0) is 0 Å². The molecule has 0 spiro atoms. The number of rotatable bonds is 2. The van der Waals surface area contributed by atoms with Gasteiger partial charge < -0.3 is 5.73 Å². The highest BCUT2D eigenvalue weighted by atomic mass is 16.5. The standard InChI is InChI=1S/CH6N4O/c2-1-5(6)4-3/h3,6H,1-2H2. The van der Waals surface area contributed by atoms with Gasteiger partial charge in [0, 0.05) is 0 Å². The molecule has 0 heterocycles. The SMILES string of the molecule is N=NN(O)CN. The zero-order valence-electron chi connectivity index (χ0n) is 3.13. The van der Waals surface area contributed by atoms with Gasteiger partial charge >= 0.3 is 0 Å². The Labute approximate surface area is 34.8 Å². The molecule has 0 amide bonds. The zero-order valence-corrected chi connectivity index (χ0v) is 3.13. The van der Waals surface area contributed by atoms with Crippen molar-refractivity contribution < 1.29 is 5.21 Å². The second-order valence-electron chi connectivity index (χ2n) is 0.655. The van der Waals surface area contributed by atoms with Gasteiger partial charge in [-0.05, 0) is 0 Å².